The highest BCUT2D eigenvalue weighted by atomic mass is 35.5. The normalized spacial score (nSPS) is 19.3. The number of piperidine rings is 1. The Balaban J connectivity index is 0.00000192. The molecule has 0 unspecified atom stereocenters. The van der Waals surface area contributed by atoms with Crippen molar-refractivity contribution in [3.05, 3.63) is 35.2 Å². The molecule has 0 atom stereocenters. The molecule has 0 aliphatic carbocycles. The maximum absolute atomic E-state index is 10.5. The smallest absolute Gasteiger partial charge is 0.148 e. The van der Waals surface area contributed by atoms with Gasteiger partial charge in [0.1, 0.15) is 11.6 Å². The first-order chi connectivity index (χ1) is 13.3. The first kappa shape index (κ1) is 19.7. The number of hydrogen-bond acceptors (Lipinski definition) is 5. The molecule has 0 saturated carbocycles. The third-order valence-corrected chi connectivity index (χ3v) is 6.96. The summed E-state index contributed by atoms with van der Waals surface area (Å²) in [7, 11) is 0. The van der Waals surface area contributed by atoms with Gasteiger partial charge in [0.2, 0.25) is 0 Å². The molecular weight excluding hydrogens is 392 g/mol. The highest BCUT2D eigenvalue weighted by Crippen LogP contribution is 2.32. The van der Waals surface area contributed by atoms with Crippen LogP contribution >= 0.6 is 23.7 Å². The van der Waals surface area contributed by atoms with Crippen LogP contribution < -0.4 is 0 Å². The molecule has 2 aliphatic rings. The number of H-pyrrole nitrogens is 1. The van der Waals surface area contributed by atoms with Crippen LogP contribution in [0, 0.1) is 0 Å². The average molecular weight is 419 g/mol. The van der Waals surface area contributed by atoms with E-state index in [0.29, 0.717) is 5.75 Å². The summed E-state index contributed by atoms with van der Waals surface area (Å²) < 4.78 is 0. The molecule has 0 bridgehead atoms. The van der Waals surface area contributed by atoms with Gasteiger partial charge in [-0.1, -0.05) is 6.07 Å². The van der Waals surface area contributed by atoms with Crippen LogP contribution in [-0.2, 0) is 6.54 Å². The number of nitrogens with zero attached hydrogens (tertiary/aromatic N) is 3. The van der Waals surface area contributed by atoms with E-state index >= 15 is 0 Å². The molecule has 1 aromatic carbocycles. The van der Waals surface area contributed by atoms with Gasteiger partial charge in [-0.15, -0.1) is 23.7 Å². The number of thiophene rings is 1. The number of phenolic OH excluding ortho intramolecular Hbond substituents is 1. The molecule has 0 amide bonds. The predicted molar refractivity (Wildman–Crippen MR) is 117 cm³/mol. The van der Waals surface area contributed by atoms with E-state index in [9.17, 15) is 5.11 Å². The molecule has 0 spiro atoms. The lowest BCUT2D eigenvalue weighted by atomic mass is 10.0. The lowest BCUT2D eigenvalue weighted by Crippen LogP contribution is -2.43. The SMILES string of the molecule is Cl.Oc1ccc2[nH]c(-c3cccs3)nc2c1CN1CCC(N2CCCC2)CC1. The van der Waals surface area contributed by atoms with Crippen LogP contribution in [-0.4, -0.2) is 57.1 Å². The van der Waals surface area contributed by atoms with E-state index < -0.39 is 0 Å². The maximum atomic E-state index is 10.5. The topological polar surface area (TPSA) is 55.4 Å². The summed E-state index contributed by atoms with van der Waals surface area (Å²) in [6.45, 7) is 5.52. The minimum absolute atomic E-state index is 0. The molecule has 4 heterocycles. The van der Waals surface area contributed by atoms with E-state index in [1.165, 1.54) is 38.8 Å². The number of aromatic hydroxyl groups is 1. The van der Waals surface area contributed by atoms with Crippen molar-refractivity contribution in [2.24, 2.45) is 0 Å². The monoisotopic (exact) mass is 418 g/mol. The Bertz CT molecular complexity index is 912. The lowest BCUT2D eigenvalue weighted by molar-refractivity contribution is 0.122. The van der Waals surface area contributed by atoms with Crippen molar-refractivity contribution in [3.63, 3.8) is 0 Å². The van der Waals surface area contributed by atoms with Gasteiger partial charge in [-0.3, -0.25) is 4.90 Å². The van der Waals surface area contributed by atoms with Gasteiger partial charge in [-0.05, 0) is 75.4 Å². The summed E-state index contributed by atoms with van der Waals surface area (Å²) in [4.78, 5) is 14.5. The molecule has 2 saturated heterocycles. The molecule has 3 aromatic rings. The van der Waals surface area contributed by atoms with Crippen LogP contribution in [0.3, 0.4) is 0 Å². The minimum Gasteiger partial charge on any atom is -0.508 e. The molecule has 2 aromatic heterocycles. The summed E-state index contributed by atoms with van der Waals surface area (Å²) in [6, 6.07) is 8.59. The molecular formula is C21H27ClN4OS. The molecule has 7 heteroatoms. The molecule has 2 N–H and O–H groups in total. The standard InChI is InChI=1S/C21H26N4OS.ClH/c26-18-6-5-17-20(23-21(22-17)19-4-3-13-27-19)16(18)14-24-11-7-15(8-12-24)25-9-1-2-10-25;/h3-6,13,15,26H,1-2,7-12,14H2,(H,22,23);1H. The van der Waals surface area contributed by atoms with Crippen molar-refractivity contribution >= 4 is 34.8 Å². The van der Waals surface area contributed by atoms with Crippen molar-refractivity contribution < 1.29 is 5.11 Å². The van der Waals surface area contributed by atoms with Crippen LogP contribution in [0.15, 0.2) is 29.6 Å². The lowest BCUT2D eigenvalue weighted by Gasteiger charge is -2.36. The first-order valence-corrected chi connectivity index (χ1v) is 10.9. The van der Waals surface area contributed by atoms with Crippen LogP contribution in [0.25, 0.3) is 21.7 Å². The first-order valence-electron chi connectivity index (χ1n) is 9.99. The quantitative estimate of drug-likeness (QED) is 0.655. The number of fused-ring (bicyclic) bond motifs is 1. The third kappa shape index (κ3) is 3.79. The summed E-state index contributed by atoms with van der Waals surface area (Å²) in [6.07, 6.45) is 5.19. The fourth-order valence-electron chi connectivity index (χ4n) is 4.58. The van der Waals surface area contributed by atoms with Gasteiger partial charge in [0.15, 0.2) is 0 Å². The van der Waals surface area contributed by atoms with Gasteiger partial charge in [0.25, 0.3) is 0 Å². The number of rotatable bonds is 4. The maximum Gasteiger partial charge on any atom is 0.148 e. The van der Waals surface area contributed by atoms with Gasteiger partial charge in [0.05, 0.1) is 15.9 Å². The zero-order valence-electron chi connectivity index (χ0n) is 15.9. The van der Waals surface area contributed by atoms with Gasteiger partial charge in [-0.2, -0.15) is 0 Å². The van der Waals surface area contributed by atoms with E-state index in [0.717, 1.165) is 53.0 Å². The van der Waals surface area contributed by atoms with E-state index in [1.54, 1.807) is 17.4 Å². The van der Waals surface area contributed by atoms with Crippen molar-refractivity contribution in [1.29, 1.82) is 0 Å². The second kappa shape index (κ2) is 8.41. The number of phenols is 1. The zero-order chi connectivity index (χ0) is 18.2. The Kier molecular flexibility index (Phi) is 5.92. The summed E-state index contributed by atoms with van der Waals surface area (Å²) in [5, 5.41) is 12.6. The van der Waals surface area contributed by atoms with Crippen molar-refractivity contribution in [2.45, 2.75) is 38.3 Å². The Hall–Kier alpha value is -1.60. The Morgan fingerprint density at radius 1 is 1.11 bits per heavy atom. The number of nitrogens with one attached hydrogen (secondary N) is 1. The van der Waals surface area contributed by atoms with Crippen molar-refractivity contribution in [2.75, 3.05) is 26.2 Å². The largest absolute Gasteiger partial charge is 0.508 e. The number of halogens is 1. The second-order valence-corrected chi connectivity index (χ2v) is 8.72. The van der Waals surface area contributed by atoms with E-state index in [4.69, 9.17) is 4.98 Å². The fourth-order valence-corrected chi connectivity index (χ4v) is 5.25. The Morgan fingerprint density at radius 3 is 2.61 bits per heavy atom. The Labute approximate surface area is 175 Å². The highest BCUT2D eigenvalue weighted by Gasteiger charge is 2.27. The number of aromatic nitrogens is 2. The van der Waals surface area contributed by atoms with E-state index in [-0.39, 0.29) is 12.4 Å². The van der Waals surface area contributed by atoms with E-state index in [1.807, 2.05) is 12.1 Å². The fraction of sp³-hybridized carbons (Fsp3) is 0.476. The highest BCUT2D eigenvalue weighted by molar-refractivity contribution is 7.13. The molecule has 150 valence electrons. The van der Waals surface area contributed by atoms with Gasteiger partial charge < -0.3 is 15.0 Å². The summed E-state index contributed by atoms with van der Waals surface area (Å²) >= 11 is 1.68. The van der Waals surface area contributed by atoms with Crippen LogP contribution in [0.2, 0.25) is 0 Å². The van der Waals surface area contributed by atoms with Crippen LogP contribution in [0.5, 0.6) is 5.75 Å². The Morgan fingerprint density at radius 2 is 1.89 bits per heavy atom. The van der Waals surface area contributed by atoms with Crippen LogP contribution in [0.1, 0.15) is 31.2 Å². The van der Waals surface area contributed by atoms with Crippen molar-refractivity contribution in [1.82, 2.24) is 19.8 Å². The molecule has 2 aliphatic heterocycles. The molecule has 5 rings (SSSR count). The second-order valence-electron chi connectivity index (χ2n) is 7.77. The number of imidazole rings is 1. The van der Waals surface area contributed by atoms with E-state index in [2.05, 4.69) is 26.2 Å². The minimum atomic E-state index is 0. The summed E-state index contributed by atoms with van der Waals surface area (Å²) in [5.74, 6) is 1.24. The van der Waals surface area contributed by atoms with Gasteiger partial charge in [-0.25, -0.2) is 4.98 Å². The third-order valence-electron chi connectivity index (χ3n) is 6.09. The number of likely N-dealkylation sites (tertiary alicyclic amines) is 2. The molecule has 2 fully saturated rings. The molecule has 0 radical (unpaired) electrons. The molecule has 28 heavy (non-hydrogen) atoms. The number of aromatic amines is 1. The summed E-state index contributed by atoms with van der Waals surface area (Å²) in [5.41, 5.74) is 2.85. The number of benzene rings is 1. The average Bonchev–Trinajstić information content (AvgIpc) is 3.45. The molecule has 5 nitrogen and oxygen atoms in total. The van der Waals surface area contributed by atoms with Gasteiger partial charge in [0, 0.05) is 18.2 Å². The number of hydrogen-bond donors (Lipinski definition) is 2. The van der Waals surface area contributed by atoms with Gasteiger partial charge >= 0.3 is 0 Å². The predicted octanol–water partition coefficient (Wildman–Crippen LogP) is 4.48. The van der Waals surface area contributed by atoms with Crippen LogP contribution in [0.4, 0.5) is 0 Å². The van der Waals surface area contributed by atoms with Crippen molar-refractivity contribution in [3.8, 4) is 16.5 Å². The zero-order valence-corrected chi connectivity index (χ0v) is 17.6.